The van der Waals surface area contributed by atoms with Crippen LogP contribution in [0.4, 0.5) is 0 Å². The van der Waals surface area contributed by atoms with E-state index in [1.165, 1.54) is 84.8 Å². The molecule has 0 spiro atoms. The number of rotatable bonds is 4. The minimum atomic E-state index is -0.0593. The summed E-state index contributed by atoms with van der Waals surface area (Å²) in [7, 11) is 0. The second kappa shape index (κ2) is 12.8. The molecular formula is C46H69N. The summed E-state index contributed by atoms with van der Waals surface area (Å²) in [5.41, 5.74) is 13.7. The lowest BCUT2D eigenvalue weighted by molar-refractivity contribution is -0.151. The molecule has 0 aromatic carbocycles. The van der Waals surface area contributed by atoms with Gasteiger partial charge in [0.25, 0.3) is 0 Å². The number of aromatic nitrogens is 1. The lowest BCUT2D eigenvalue weighted by Gasteiger charge is -2.68. The molecule has 5 aliphatic rings. The molecule has 0 saturated heterocycles. The van der Waals surface area contributed by atoms with Gasteiger partial charge in [-0.25, -0.2) is 0 Å². The summed E-state index contributed by atoms with van der Waals surface area (Å²) >= 11 is 0. The van der Waals surface area contributed by atoms with E-state index in [0.717, 1.165) is 41.5 Å². The molecule has 1 aromatic rings. The minimum Gasteiger partial charge on any atom is -0.253 e. The second-order valence-corrected chi connectivity index (χ2v) is 17.2. The molecule has 1 nitrogen and oxygen atoms in total. The van der Waals surface area contributed by atoms with Gasteiger partial charge in [0.05, 0.1) is 5.69 Å². The van der Waals surface area contributed by atoms with Crippen molar-refractivity contribution < 1.29 is 0 Å². The molecule has 10 unspecified atom stereocenters. The Balaban J connectivity index is 0.00000250. The number of hydrogen-bond acceptors (Lipinski definition) is 1. The van der Waals surface area contributed by atoms with Crippen LogP contribution in [0.25, 0.3) is 5.57 Å². The third kappa shape index (κ3) is 5.12. The summed E-state index contributed by atoms with van der Waals surface area (Å²) in [6, 6.07) is 0. The first-order valence-corrected chi connectivity index (χ1v) is 18.3. The fourth-order valence-electron chi connectivity index (χ4n) is 12.6. The highest BCUT2D eigenvalue weighted by molar-refractivity contribution is 5.82. The molecule has 0 radical (unpaired) electrons. The SMILES string of the molecule is C.C.C#CC1C=C(c2nc(C)c(C)c(C)c2C)C(=C)C2(C)C3CCC4(C)C(CC5CC(=C)C(CC)=C(C)C5)CCC4C3CC(C)C12C. The first-order chi connectivity index (χ1) is 21.1. The maximum absolute atomic E-state index is 6.49. The van der Waals surface area contributed by atoms with Crippen LogP contribution in [0.2, 0.25) is 0 Å². The van der Waals surface area contributed by atoms with Gasteiger partial charge in [-0.1, -0.05) is 85.8 Å². The molecule has 3 saturated carbocycles. The van der Waals surface area contributed by atoms with Crippen molar-refractivity contribution in [3.63, 3.8) is 0 Å². The fraction of sp³-hybridized carbons (Fsp3) is 0.674. The largest absolute Gasteiger partial charge is 0.253 e. The van der Waals surface area contributed by atoms with Crippen molar-refractivity contribution in [3.8, 4) is 12.3 Å². The Hall–Kier alpha value is -2.33. The van der Waals surface area contributed by atoms with Crippen molar-refractivity contribution in [1.82, 2.24) is 4.98 Å². The Labute approximate surface area is 291 Å². The van der Waals surface area contributed by atoms with Gasteiger partial charge in [0.1, 0.15) is 0 Å². The molecule has 5 aliphatic carbocycles. The van der Waals surface area contributed by atoms with E-state index in [0.29, 0.717) is 17.3 Å². The van der Waals surface area contributed by atoms with Gasteiger partial charge in [0.15, 0.2) is 0 Å². The van der Waals surface area contributed by atoms with Crippen LogP contribution in [0.3, 0.4) is 0 Å². The zero-order valence-electron chi connectivity index (χ0n) is 30.4. The molecule has 10 atom stereocenters. The van der Waals surface area contributed by atoms with Crippen LogP contribution in [0.5, 0.6) is 0 Å². The highest BCUT2D eigenvalue weighted by Crippen LogP contribution is 2.74. The van der Waals surface area contributed by atoms with E-state index in [4.69, 9.17) is 18.0 Å². The lowest BCUT2D eigenvalue weighted by atomic mass is 9.35. The quantitative estimate of drug-likeness (QED) is 0.300. The topological polar surface area (TPSA) is 12.9 Å². The number of allylic oxidation sites excluding steroid dienone is 6. The van der Waals surface area contributed by atoms with Gasteiger partial charge in [0, 0.05) is 22.6 Å². The zero-order chi connectivity index (χ0) is 32.8. The Morgan fingerprint density at radius 3 is 2.23 bits per heavy atom. The average Bonchev–Trinajstić information content (AvgIpc) is 3.32. The molecule has 1 heterocycles. The van der Waals surface area contributed by atoms with Crippen LogP contribution in [0.1, 0.15) is 142 Å². The number of nitrogens with zero attached hydrogens (tertiary/aromatic N) is 1. The van der Waals surface area contributed by atoms with Crippen LogP contribution < -0.4 is 0 Å². The fourth-order valence-corrected chi connectivity index (χ4v) is 12.6. The van der Waals surface area contributed by atoms with Crippen LogP contribution in [-0.2, 0) is 0 Å². The molecule has 3 fully saturated rings. The maximum Gasteiger partial charge on any atom is 0.0737 e. The summed E-state index contributed by atoms with van der Waals surface area (Å²) in [5, 5.41) is 0. The van der Waals surface area contributed by atoms with Crippen molar-refractivity contribution in [2.45, 2.75) is 142 Å². The van der Waals surface area contributed by atoms with Crippen LogP contribution in [-0.4, -0.2) is 4.98 Å². The maximum atomic E-state index is 6.49. The third-order valence-corrected chi connectivity index (χ3v) is 15.9. The lowest BCUT2D eigenvalue weighted by Crippen LogP contribution is -2.62. The Morgan fingerprint density at radius 2 is 1.62 bits per heavy atom. The summed E-state index contributed by atoms with van der Waals surface area (Å²) in [6.07, 6.45) is 20.7. The average molecular weight is 636 g/mol. The zero-order valence-corrected chi connectivity index (χ0v) is 30.4. The van der Waals surface area contributed by atoms with Gasteiger partial charge in [-0.15, -0.1) is 6.42 Å². The normalized spacial score (nSPS) is 39.5. The molecular weight excluding hydrogens is 567 g/mol. The van der Waals surface area contributed by atoms with Crippen LogP contribution >= 0.6 is 0 Å². The molecule has 6 rings (SSSR count). The first kappa shape index (κ1) is 37.5. The number of pyridine rings is 1. The number of aryl methyl sites for hydroxylation is 1. The smallest absolute Gasteiger partial charge is 0.0737 e. The number of fused-ring (bicyclic) bond motifs is 5. The first-order valence-electron chi connectivity index (χ1n) is 18.3. The Kier molecular flexibility index (Phi) is 10.2. The van der Waals surface area contributed by atoms with Crippen molar-refractivity contribution in [3.05, 3.63) is 69.6 Å². The van der Waals surface area contributed by atoms with Gasteiger partial charge in [-0.2, -0.15) is 0 Å². The highest BCUT2D eigenvalue weighted by Gasteiger charge is 2.67. The predicted molar refractivity (Wildman–Crippen MR) is 206 cm³/mol. The van der Waals surface area contributed by atoms with E-state index < -0.39 is 0 Å². The van der Waals surface area contributed by atoms with Gasteiger partial charge < -0.3 is 0 Å². The Bertz CT molecular complexity index is 1540. The summed E-state index contributed by atoms with van der Waals surface area (Å²) in [6.45, 7) is 33.4. The van der Waals surface area contributed by atoms with E-state index in [1.807, 2.05) is 0 Å². The van der Waals surface area contributed by atoms with E-state index in [1.54, 1.807) is 11.1 Å². The predicted octanol–water partition coefficient (Wildman–Crippen LogP) is 13.0. The molecule has 1 heteroatoms. The summed E-state index contributed by atoms with van der Waals surface area (Å²) < 4.78 is 0. The van der Waals surface area contributed by atoms with Gasteiger partial charge in [-0.3, -0.25) is 4.98 Å². The van der Waals surface area contributed by atoms with E-state index in [9.17, 15) is 0 Å². The van der Waals surface area contributed by atoms with Crippen LogP contribution in [0, 0.1) is 97.7 Å². The van der Waals surface area contributed by atoms with Crippen molar-refractivity contribution in [2.24, 2.45) is 57.7 Å². The number of hydrogen-bond donors (Lipinski definition) is 0. The van der Waals surface area contributed by atoms with Gasteiger partial charge in [0.2, 0.25) is 0 Å². The monoisotopic (exact) mass is 636 g/mol. The molecule has 0 N–H and O–H groups in total. The summed E-state index contributed by atoms with van der Waals surface area (Å²) in [5.74, 6) is 7.72. The van der Waals surface area contributed by atoms with Crippen molar-refractivity contribution in [2.75, 3.05) is 0 Å². The van der Waals surface area contributed by atoms with E-state index >= 15 is 0 Å². The molecule has 258 valence electrons. The second-order valence-electron chi connectivity index (χ2n) is 17.2. The molecule has 1 aromatic heterocycles. The molecule has 0 bridgehead atoms. The van der Waals surface area contributed by atoms with E-state index in [2.05, 4.69) is 87.8 Å². The molecule has 0 amide bonds. The number of terminal acetylenes is 1. The van der Waals surface area contributed by atoms with Crippen molar-refractivity contribution >= 4 is 5.57 Å². The molecule has 0 aliphatic heterocycles. The van der Waals surface area contributed by atoms with Gasteiger partial charge in [-0.05, 0) is 167 Å². The summed E-state index contributed by atoms with van der Waals surface area (Å²) in [4.78, 5) is 5.23. The molecule has 47 heavy (non-hydrogen) atoms. The minimum absolute atomic E-state index is 0. The standard InChI is InChI=1S/C44H61N.2CH4/c1-14-34-24-37(41-30(8)28(6)29(7)32(10)45-41)31(9)44(13)40-18-19-42(11)35(23-33-20-25(3)36(15-2)26(4)21-33)16-17-39(42)38(40)22-27(5)43(34,44)12;;/h1,24,27,33-35,38-40H,3,9,15-23H2,2,4-8,10-13H3;2*1H4. The highest BCUT2D eigenvalue weighted by atomic mass is 14.8. The third-order valence-electron chi connectivity index (χ3n) is 15.9. The Morgan fingerprint density at radius 1 is 0.936 bits per heavy atom. The van der Waals surface area contributed by atoms with Gasteiger partial charge >= 0.3 is 0 Å². The van der Waals surface area contributed by atoms with Crippen LogP contribution in [0.15, 0.2) is 41.5 Å². The van der Waals surface area contributed by atoms with E-state index in [-0.39, 0.29) is 31.6 Å². The van der Waals surface area contributed by atoms with Crippen molar-refractivity contribution in [1.29, 1.82) is 0 Å².